The summed E-state index contributed by atoms with van der Waals surface area (Å²) in [5.74, 6) is 0.446. The lowest BCUT2D eigenvalue weighted by molar-refractivity contribution is 0.521. The molecule has 0 spiro atoms. The van der Waals surface area contributed by atoms with Crippen LogP contribution in [-0.2, 0) is 5.54 Å². The molecule has 0 aliphatic carbocycles. The summed E-state index contributed by atoms with van der Waals surface area (Å²) in [6, 6.07) is 42.9. The van der Waals surface area contributed by atoms with Crippen LogP contribution in [0, 0.1) is 0 Å². The molecule has 0 amide bonds. The van der Waals surface area contributed by atoms with Crippen LogP contribution in [0.5, 0.6) is 0 Å². The van der Waals surface area contributed by atoms with Gasteiger partial charge in [-0.2, -0.15) is 0 Å². The number of anilines is 2. The van der Waals surface area contributed by atoms with Crippen molar-refractivity contribution in [1.82, 2.24) is 9.97 Å². The summed E-state index contributed by atoms with van der Waals surface area (Å²) in [4.78, 5) is 13.5. The van der Waals surface area contributed by atoms with Crippen LogP contribution < -0.4 is 4.90 Å². The maximum absolute atomic E-state index is 8.87. The van der Waals surface area contributed by atoms with Gasteiger partial charge in [0.05, 0.1) is 26.5 Å². The van der Waals surface area contributed by atoms with E-state index in [1.165, 1.54) is 17.7 Å². The number of para-hydroxylation sites is 1. The van der Waals surface area contributed by atoms with Crippen LogP contribution in [0.25, 0.3) is 66.0 Å². The third kappa shape index (κ3) is 4.15. The van der Waals surface area contributed by atoms with Gasteiger partial charge < -0.3 is 0 Å². The fourth-order valence-corrected chi connectivity index (χ4v) is 7.84. The fourth-order valence-electron chi connectivity index (χ4n) is 7.38. The lowest BCUT2D eigenvalue weighted by Gasteiger charge is -2.46. The summed E-state index contributed by atoms with van der Waals surface area (Å²) in [6.07, 6.45) is 0. The van der Waals surface area contributed by atoms with E-state index in [1.54, 1.807) is 0 Å². The second-order valence-electron chi connectivity index (χ2n) is 12.5. The van der Waals surface area contributed by atoms with E-state index in [1.807, 2.05) is 30.3 Å². The predicted octanol–water partition coefficient (Wildman–Crippen LogP) is 11.6. The van der Waals surface area contributed by atoms with Gasteiger partial charge >= 0.3 is 0 Å². The van der Waals surface area contributed by atoms with Crippen LogP contribution in [0.15, 0.2) is 150 Å². The Morgan fingerprint density at radius 3 is 2.00 bits per heavy atom. The molecule has 7 aromatic carbocycles. The zero-order chi connectivity index (χ0) is 34.3. The van der Waals surface area contributed by atoms with E-state index in [0.29, 0.717) is 22.7 Å². The van der Waals surface area contributed by atoms with Crippen molar-refractivity contribution >= 4 is 56.7 Å². The Balaban J connectivity index is 1.46. The van der Waals surface area contributed by atoms with Crippen molar-refractivity contribution in [2.24, 2.45) is 0 Å². The number of hydrogen-bond donors (Lipinski definition) is 1. The first-order valence-electron chi connectivity index (χ1n) is 17.2. The van der Waals surface area contributed by atoms with E-state index in [9.17, 15) is 0 Å². The standard InChI is InChI=1S/C43H31N3S/c1-43(2)34-26-25-27-15-9-10-20-30(27)37(34)38-32-22-12-11-21-31(32)36(28-16-5-3-6-17-28)41(47)40(38)46(43)42-44-35-24-14-13-23-33(35)39(45-42)29-18-7-4-8-19-29/h3-26,47H,1-2H3/i4D,18D,19D. The Morgan fingerprint density at radius 1 is 0.596 bits per heavy atom. The number of nitrogens with zero attached hydrogens (tertiary/aromatic N) is 3. The number of fused-ring (bicyclic) bond motifs is 8. The molecule has 0 fully saturated rings. The van der Waals surface area contributed by atoms with Crippen molar-refractivity contribution < 1.29 is 4.11 Å². The normalized spacial score (nSPS) is 14.4. The van der Waals surface area contributed by atoms with Gasteiger partial charge in [0, 0.05) is 27.0 Å². The van der Waals surface area contributed by atoms with Crippen molar-refractivity contribution in [3.63, 3.8) is 0 Å². The van der Waals surface area contributed by atoms with E-state index in [0.717, 1.165) is 59.8 Å². The third-order valence-corrected chi connectivity index (χ3v) is 9.91. The maximum atomic E-state index is 8.87. The second kappa shape index (κ2) is 10.5. The molecular weight excluding hydrogens is 591 g/mol. The summed E-state index contributed by atoms with van der Waals surface area (Å²) in [5, 5.41) is 5.27. The van der Waals surface area contributed by atoms with Gasteiger partial charge in [0.15, 0.2) is 0 Å². The topological polar surface area (TPSA) is 29.0 Å². The van der Waals surface area contributed by atoms with Gasteiger partial charge in [-0.25, -0.2) is 9.97 Å². The first-order valence-corrected chi connectivity index (χ1v) is 16.2. The Morgan fingerprint density at radius 2 is 1.23 bits per heavy atom. The lowest BCUT2D eigenvalue weighted by Crippen LogP contribution is -2.42. The van der Waals surface area contributed by atoms with E-state index < -0.39 is 5.54 Å². The minimum absolute atomic E-state index is 0.0830. The van der Waals surface area contributed by atoms with Crippen molar-refractivity contribution in [1.29, 1.82) is 0 Å². The second-order valence-corrected chi connectivity index (χ2v) is 12.9. The highest BCUT2D eigenvalue weighted by Gasteiger charge is 2.43. The molecule has 1 aliphatic rings. The summed E-state index contributed by atoms with van der Waals surface area (Å²) < 4.78 is 25.9. The molecule has 0 radical (unpaired) electrons. The maximum Gasteiger partial charge on any atom is 0.231 e. The molecule has 9 rings (SSSR count). The molecule has 4 heteroatoms. The minimum Gasteiger partial charge on any atom is -0.299 e. The van der Waals surface area contributed by atoms with Crippen LogP contribution in [-0.4, -0.2) is 9.97 Å². The average Bonchev–Trinajstić information content (AvgIpc) is 3.11. The van der Waals surface area contributed by atoms with Gasteiger partial charge in [0.25, 0.3) is 0 Å². The fraction of sp³-hybridized carbons (Fsp3) is 0.0698. The molecule has 1 aromatic heterocycles. The number of thiol groups is 1. The monoisotopic (exact) mass is 624 g/mol. The lowest BCUT2D eigenvalue weighted by atomic mass is 9.76. The first-order chi connectivity index (χ1) is 24.2. The SMILES string of the molecule is [2H]c1cc([2H])c(-c2nc(N3c4c(S)c(-c5ccccc5)c5ccccc5c4-c4c(ccc5ccccc45)C3(C)C)nc3ccccc23)c([2H])c1. The molecule has 0 N–H and O–H groups in total. The van der Waals surface area contributed by atoms with E-state index >= 15 is 0 Å². The first kappa shape index (κ1) is 24.7. The molecule has 1 aliphatic heterocycles. The van der Waals surface area contributed by atoms with Gasteiger partial charge in [-0.15, -0.1) is 12.6 Å². The number of aromatic nitrogens is 2. The van der Waals surface area contributed by atoms with Crippen LogP contribution in [0.4, 0.5) is 11.6 Å². The van der Waals surface area contributed by atoms with E-state index in [2.05, 4.69) is 104 Å². The third-order valence-electron chi connectivity index (χ3n) is 9.47. The zero-order valence-electron chi connectivity index (χ0n) is 28.9. The Hall–Kier alpha value is -5.45. The molecule has 8 aromatic rings. The summed E-state index contributed by atoms with van der Waals surface area (Å²) in [7, 11) is 0. The van der Waals surface area contributed by atoms with Crippen molar-refractivity contribution in [2.45, 2.75) is 24.3 Å². The molecule has 0 bridgehead atoms. The molecule has 224 valence electrons. The van der Waals surface area contributed by atoms with Gasteiger partial charge in [-0.3, -0.25) is 4.90 Å². The van der Waals surface area contributed by atoms with Crippen LogP contribution in [0.1, 0.15) is 23.5 Å². The van der Waals surface area contributed by atoms with Crippen LogP contribution >= 0.6 is 12.6 Å². The highest BCUT2D eigenvalue weighted by Crippen LogP contribution is 2.59. The highest BCUT2D eigenvalue weighted by molar-refractivity contribution is 7.80. The van der Waals surface area contributed by atoms with Crippen LogP contribution in [0.2, 0.25) is 0 Å². The van der Waals surface area contributed by atoms with E-state index in [4.69, 9.17) is 26.7 Å². The van der Waals surface area contributed by atoms with Crippen molar-refractivity contribution in [3.8, 4) is 33.5 Å². The quantitative estimate of drug-likeness (QED) is 0.198. The molecule has 47 heavy (non-hydrogen) atoms. The summed E-state index contributed by atoms with van der Waals surface area (Å²) >= 11 is 5.44. The minimum atomic E-state index is -0.668. The Bertz CT molecular complexity index is 2670. The van der Waals surface area contributed by atoms with Crippen LogP contribution in [0.3, 0.4) is 0 Å². The van der Waals surface area contributed by atoms with Crippen molar-refractivity contribution in [3.05, 3.63) is 151 Å². The number of rotatable bonds is 3. The van der Waals surface area contributed by atoms with E-state index in [-0.39, 0.29) is 18.1 Å². The summed E-state index contributed by atoms with van der Waals surface area (Å²) in [6.45, 7) is 4.40. The van der Waals surface area contributed by atoms with Gasteiger partial charge in [0.1, 0.15) is 0 Å². The van der Waals surface area contributed by atoms with Gasteiger partial charge in [-0.05, 0) is 58.1 Å². The average molecular weight is 625 g/mol. The predicted molar refractivity (Wildman–Crippen MR) is 200 cm³/mol. The largest absolute Gasteiger partial charge is 0.299 e. The number of benzene rings is 7. The van der Waals surface area contributed by atoms with Gasteiger partial charge in [0.2, 0.25) is 5.95 Å². The molecule has 0 saturated heterocycles. The Labute approximate surface area is 283 Å². The van der Waals surface area contributed by atoms with Gasteiger partial charge in [-0.1, -0.05) is 139 Å². The summed E-state index contributed by atoms with van der Waals surface area (Å²) in [5.41, 5.74) is 7.26. The highest BCUT2D eigenvalue weighted by atomic mass is 32.1. The smallest absolute Gasteiger partial charge is 0.231 e. The molecule has 2 heterocycles. The molecular formula is C43H31N3S. The Kier molecular flexibility index (Phi) is 5.55. The zero-order valence-corrected chi connectivity index (χ0v) is 26.8. The molecule has 0 atom stereocenters. The molecule has 0 unspecified atom stereocenters. The molecule has 3 nitrogen and oxygen atoms in total. The number of hydrogen-bond acceptors (Lipinski definition) is 4. The van der Waals surface area contributed by atoms with Crippen molar-refractivity contribution in [2.75, 3.05) is 4.90 Å². The molecule has 0 saturated carbocycles.